The molecule has 0 amide bonds. The van der Waals surface area contributed by atoms with E-state index in [1.54, 1.807) is 12.1 Å². The summed E-state index contributed by atoms with van der Waals surface area (Å²) in [5.74, 6) is 0. The van der Waals surface area contributed by atoms with Gasteiger partial charge in [-0.25, -0.2) is 0 Å². The Balaban J connectivity index is 2.43. The monoisotopic (exact) mass is 276 g/mol. The molecule has 0 saturated carbocycles. The number of nitriles is 1. The van der Waals surface area contributed by atoms with Crippen molar-refractivity contribution in [3.63, 3.8) is 0 Å². The van der Waals surface area contributed by atoms with Gasteiger partial charge in [-0.2, -0.15) is 5.26 Å². The SMILES string of the molecule is CON=C1C=C/C(=C(\C#N)c2ccccc2Cl)S1. The zero-order chi connectivity index (χ0) is 13.0. The number of hydrogen-bond acceptors (Lipinski definition) is 4. The van der Waals surface area contributed by atoms with Crippen LogP contribution in [-0.2, 0) is 4.84 Å². The lowest BCUT2D eigenvalue weighted by atomic mass is 10.1. The molecule has 0 fully saturated rings. The summed E-state index contributed by atoms with van der Waals surface area (Å²) in [6.45, 7) is 0. The Morgan fingerprint density at radius 1 is 1.39 bits per heavy atom. The van der Waals surface area contributed by atoms with E-state index in [2.05, 4.69) is 11.2 Å². The Hall–Kier alpha value is -1.70. The lowest BCUT2D eigenvalue weighted by Crippen LogP contribution is -1.87. The summed E-state index contributed by atoms with van der Waals surface area (Å²) in [5.41, 5.74) is 1.27. The number of halogens is 1. The minimum absolute atomic E-state index is 0.545. The second-order valence-electron chi connectivity index (χ2n) is 3.38. The Kier molecular flexibility index (Phi) is 4.08. The van der Waals surface area contributed by atoms with Crippen LogP contribution < -0.4 is 0 Å². The Labute approximate surface area is 114 Å². The molecule has 0 atom stereocenters. The number of hydrogen-bond donors (Lipinski definition) is 0. The third-order valence-electron chi connectivity index (χ3n) is 2.27. The molecule has 0 spiro atoms. The molecule has 0 bridgehead atoms. The molecular formula is C13H9ClN2OS. The maximum absolute atomic E-state index is 9.30. The zero-order valence-corrected chi connectivity index (χ0v) is 11.1. The molecule has 2 rings (SSSR count). The predicted octanol–water partition coefficient (Wildman–Crippen LogP) is 3.84. The average molecular weight is 277 g/mol. The molecule has 18 heavy (non-hydrogen) atoms. The molecule has 1 aromatic carbocycles. The highest BCUT2D eigenvalue weighted by atomic mass is 35.5. The van der Waals surface area contributed by atoms with Gasteiger partial charge in [-0.3, -0.25) is 0 Å². The van der Waals surface area contributed by atoms with Crippen LogP contribution >= 0.6 is 23.4 Å². The van der Waals surface area contributed by atoms with E-state index >= 15 is 0 Å². The fourth-order valence-corrected chi connectivity index (χ4v) is 2.61. The van der Waals surface area contributed by atoms with Gasteiger partial charge in [0.05, 0.1) is 5.57 Å². The Morgan fingerprint density at radius 3 is 2.83 bits per heavy atom. The molecule has 0 N–H and O–H groups in total. The lowest BCUT2D eigenvalue weighted by molar-refractivity contribution is 0.215. The Morgan fingerprint density at radius 2 is 2.17 bits per heavy atom. The normalized spacial score (nSPS) is 18.8. The summed E-state index contributed by atoms with van der Waals surface area (Å²) >= 11 is 7.48. The highest BCUT2D eigenvalue weighted by Crippen LogP contribution is 2.35. The van der Waals surface area contributed by atoms with Crippen molar-refractivity contribution >= 4 is 34.0 Å². The van der Waals surface area contributed by atoms with Gasteiger partial charge >= 0.3 is 0 Å². The van der Waals surface area contributed by atoms with Crippen LogP contribution in [0.3, 0.4) is 0 Å². The average Bonchev–Trinajstić information content (AvgIpc) is 2.82. The van der Waals surface area contributed by atoms with Crippen molar-refractivity contribution in [2.24, 2.45) is 5.16 Å². The van der Waals surface area contributed by atoms with E-state index in [1.165, 1.54) is 18.9 Å². The quantitative estimate of drug-likeness (QED) is 0.609. The second kappa shape index (κ2) is 5.76. The third kappa shape index (κ3) is 2.58. The maximum Gasteiger partial charge on any atom is 0.140 e. The van der Waals surface area contributed by atoms with E-state index in [1.807, 2.05) is 24.3 Å². The largest absolute Gasteiger partial charge is 0.398 e. The molecule has 0 saturated heterocycles. The summed E-state index contributed by atoms with van der Waals surface area (Å²) in [4.78, 5) is 5.52. The van der Waals surface area contributed by atoms with Gasteiger partial charge in [-0.15, -0.1) is 0 Å². The van der Waals surface area contributed by atoms with Gasteiger partial charge < -0.3 is 4.84 Å². The topological polar surface area (TPSA) is 45.4 Å². The number of allylic oxidation sites excluding steroid dienone is 2. The van der Waals surface area contributed by atoms with E-state index in [-0.39, 0.29) is 0 Å². The number of benzene rings is 1. The van der Waals surface area contributed by atoms with Gasteiger partial charge in [0, 0.05) is 15.5 Å². The molecule has 90 valence electrons. The van der Waals surface area contributed by atoms with Gasteiger partial charge in [0.2, 0.25) is 0 Å². The predicted molar refractivity (Wildman–Crippen MR) is 75.2 cm³/mol. The first-order valence-electron chi connectivity index (χ1n) is 5.12. The summed E-state index contributed by atoms with van der Waals surface area (Å²) in [6, 6.07) is 9.47. The van der Waals surface area contributed by atoms with Gasteiger partial charge in [0.15, 0.2) is 0 Å². The third-order valence-corrected chi connectivity index (χ3v) is 3.58. The first-order valence-corrected chi connectivity index (χ1v) is 6.32. The molecule has 3 nitrogen and oxygen atoms in total. The van der Waals surface area contributed by atoms with Crippen molar-refractivity contribution in [3.05, 3.63) is 51.9 Å². The van der Waals surface area contributed by atoms with Gasteiger partial charge in [-0.1, -0.05) is 46.7 Å². The maximum atomic E-state index is 9.30. The number of thioether (sulfide) groups is 1. The minimum atomic E-state index is 0.545. The first-order chi connectivity index (χ1) is 8.76. The van der Waals surface area contributed by atoms with Crippen LogP contribution in [0.1, 0.15) is 5.56 Å². The van der Waals surface area contributed by atoms with Crippen molar-refractivity contribution in [2.75, 3.05) is 7.11 Å². The summed E-state index contributed by atoms with van der Waals surface area (Å²) in [5, 5.41) is 14.4. The molecule has 0 unspecified atom stereocenters. The summed E-state index contributed by atoms with van der Waals surface area (Å²) in [7, 11) is 1.49. The van der Waals surface area contributed by atoms with E-state index in [0.717, 1.165) is 10.5 Å². The van der Waals surface area contributed by atoms with E-state index < -0.39 is 0 Å². The lowest BCUT2D eigenvalue weighted by Gasteiger charge is -2.04. The number of oxime groups is 1. The van der Waals surface area contributed by atoms with Gasteiger partial charge in [0.1, 0.15) is 18.2 Å². The zero-order valence-electron chi connectivity index (χ0n) is 9.55. The molecule has 5 heteroatoms. The van der Waals surface area contributed by atoms with Gasteiger partial charge in [0.25, 0.3) is 0 Å². The van der Waals surface area contributed by atoms with E-state index in [4.69, 9.17) is 16.4 Å². The Bertz CT molecular complexity index is 599. The fourth-order valence-electron chi connectivity index (χ4n) is 1.51. The van der Waals surface area contributed by atoms with Crippen LogP contribution in [0.4, 0.5) is 0 Å². The fraction of sp³-hybridized carbons (Fsp3) is 0.0769. The van der Waals surface area contributed by atoms with Crippen LogP contribution in [0, 0.1) is 11.3 Å². The van der Waals surface area contributed by atoms with Crippen LogP contribution in [0.25, 0.3) is 5.57 Å². The van der Waals surface area contributed by atoms with Crippen molar-refractivity contribution in [1.82, 2.24) is 0 Å². The number of nitrogens with zero attached hydrogens (tertiary/aromatic N) is 2. The molecule has 0 radical (unpaired) electrons. The molecular weight excluding hydrogens is 268 g/mol. The highest BCUT2D eigenvalue weighted by molar-refractivity contribution is 8.18. The van der Waals surface area contributed by atoms with Crippen LogP contribution in [0.15, 0.2) is 46.5 Å². The van der Waals surface area contributed by atoms with Crippen molar-refractivity contribution < 1.29 is 4.84 Å². The minimum Gasteiger partial charge on any atom is -0.398 e. The smallest absolute Gasteiger partial charge is 0.140 e. The van der Waals surface area contributed by atoms with Crippen LogP contribution in [-0.4, -0.2) is 12.2 Å². The molecule has 1 heterocycles. The van der Waals surface area contributed by atoms with Crippen molar-refractivity contribution in [1.29, 1.82) is 5.26 Å². The standard InChI is InChI=1S/C13H9ClN2OS/c1-17-16-13-7-6-12(18-13)10(8-15)9-4-2-3-5-11(9)14/h2-7H,1H3/b12-10-,16-13?. The van der Waals surface area contributed by atoms with Crippen molar-refractivity contribution in [3.8, 4) is 6.07 Å². The molecule has 0 aromatic heterocycles. The first kappa shape index (κ1) is 12.7. The molecule has 1 aromatic rings. The van der Waals surface area contributed by atoms with E-state index in [0.29, 0.717) is 15.6 Å². The molecule has 1 aliphatic heterocycles. The van der Waals surface area contributed by atoms with Crippen LogP contribution in [0.2, 0.25) is 5.02 Å². The molecule has 1 aliphatic rings. The van der Waals surface area contributed by atoms with Crippen LogP contribution in [0.5, 0.6) is 0 Å². The summed E-state index contributed by atoms with van der Waals surface area (Å²) < 4.78 is 0. The van der Waals surface area contributed by atoms with E-state index in [9.17, 15) is 5.26 Å². The second-order valence-corrected chi connectivity index (χ2v) is 4.85. The van der Waals surface area contributed by atoms with Gasteiger partial charge in [-0.05, 0) is 18.2 Å². The number of rotatable bonds is 2. The molecule has 0 aliphatic carbocycles. The highest BCUT2D eigenvalue weighted by Gasteiger charge is 2.16. The van der Waals surface area contributed by atoms with Crippen molar-refractivity contribution in [2.45, 2.75) is 0 Å². The summed E-state index contributed by atoms with van der Waals surface area (Å²) in [6.07, 6.45) is 3.64.